The van der Waals surface area contributed by atoms with Crippen molar-refractivity contribution in [3.05, 3.63) is 36.5 Å². The van der Waals surface area contributed by atoms with Crippen LogP contribution in [-0.2, 0) is 14.3 Å². The zero-order valence-electron chi connectivity index (χ0n) is 19.8. The van der Waals surface area contributed by atoms with Crippen LogP contribution in [0.25, 0.3) is 0 Å². The van der Waals surface area contributed by atoms with Gasteiger partial charge in [0.05, 0.1) is 13.2 Å². The van der Waals surface area contributed by atoms with Gasteiger partial charge in [0.25, 0.3) is 0 Å². The largest absolute Gasteiger partial charge is 0.469 e. The molecule has 0 saturated heterocycles. The predicted octanol–water partition coefficient (Wildman–Crippen LogP) is 4.39. The molecule has 4 N–H and O–H groups in total. The van der Waals surface area contributed by atoms with E-state index < -0.39 is 0 Å². The smallest absolute Gasteiger partial charge is 0.305 e. The maximum Gasteiger partial charge on any atom is 0.305 e. The zero-order valence-corrected chi connectivity index (χ0v) is 19.8. The fourth-order valence-corrected chi connectivity index (χ4v) is 3.93. The van der Waals surface area contributed by atoms with E-state index in [4.69, 9.17) is 0 Å². The van der Waals surface area contributed by atoms with Crippen molar-refractivity contribution in [3.63, 3.8) is 0 Å². The molecule has 184 valence electrons. The molecule has 0 unspecified atom stereocenters. The molecule has 0 aliphatic heterocycles. The fraction of sp³-hybridized carbons (Fsp3) is 0.520. The summed E-state index contributed by atoms with van der Waals surface area (Å²) in [5.41, 5.74) is 1.55. The van der Waals surface area contributed by atoms with Gasteiger partial charge in [0, 0.05) is 36.5 Å². The minimum absolute atomic E-state index is 0.0222. The van der Waals surface area contributed by atoms with Crippen molar-refractivity contribution in [2.24, 2.45) is 0 Å². The molecular formula is C25H35N5O4. The first-order valence-electron chi connectivity index (χ1n) is 12.0. The van der Waals surface area contributed by atoms with E-state index in [1.165, 1.54) is 7.11 Å². The zero-order chi connectivity index (χ0) is 24.2. The normalized spacial score (nSPS) is 17.6. The Morgan fingerprint density at radius 2 is 1.65 bits per heavy atom. The molecule has 1 amide bonds. The van der Waals surface area contributed by atoms with Crippen molar-refractivity contribution >= 4 is 35.0 Å². The van der Waals surface area contributed by atoms with Gasteiger partial charge in [0.1, 0.15) is 5.82 Å². The summed E-state index contributed by atoms with van der Waals surface area (Å²) in [7, 11) is 1.39. The number of amides is 1. The molecular weight excluding hydrogens is 434 g/mol. The molecule has 0 atom stereocenters. The van der Waals surface area contributed by atoms with E-state index in [0.717, 1.165) is 68.6 Å². The lowest BCUT2D eigenvalue weighted by Crippen LogP contribution is -2.28. The Kier molecular flexibility index (Phi) is 10.1. The molecule has 34 heavy (non-hydrogen) atoms. The Bertz CT molecular complexity index is 914. The van der Waals surface area contributed by atoms with Crippen molar-refractivity contribution in [1.82, 2.24) is 9.97 Å². The van der Waals surface area contributed by atoms with Gasteiger partial charge in [-0.3, -0.25) is 9.59 Å². The highest BCUT2D eigenvalue weighted by atomic mass is 16.5. The highest BCUT2D eigenvalue weighted by Crippen LogP contribution is 2.22. The molecule has 9 heteroatoms. The topological polar surface area (TPSA) is 125 Å². The Hall–Kier alpha value is -3.20. The number of unbranched alkanes of at least 4 members (excludes halogenated alkanes) is 3. The second-order valence-electron chi connectivity index (χ2n) is 8.66. The van der Waals surface area contributed by atoms with Crippen molar-refractivity contribution in [3.8, 4) is 0 Å². The van der Waals surface area contributed by atoms with E-state index in [-0.39, 0.29) is 18.0 Å². The summed E-state index contributed by atoms with van der Waals surface area (Å²) in [4.78, 5) is 32.0. The minimum Gasteiger partial charge on any atom is -0.469 e. The second kappa shape index (κ2) is 13.5. The summed E-state index contributed by atoms with van der Waals surface area (Å²) in [5, 5.41) is 19.2. The van der Waals surface area contributed by atoms with Gasteiger partial charge in [0.2, 0.25) is 11.9 Å². The lowest BCUT2D eigenvalue weighted by atomic mass is 9.93. The number of esters is 1. The lowest BCUT2D eigenvalue weighted by molar-refractivity contribution is -0.140. The van der Waals surface area contributed by atoms with Crippen LogP contribution < -0.4 is 16.0 Å². The van der Waals surface area contributed by atoms with Gasteiger partial charge in [0.15, 0.2) is 0 Å². The summed E-state index contributed by atoms with van der Waals surface area (Å²) >= 11 is 0. The average molecular weight is 470 g/mol. The third-order valence-electron chi connectivity index (χ3n) is 5.89. The highest BCUT2D eigenvalue weighted by Gasteiger charge is 2.19. The van der Waals surface area contributed by atoms with Crippen LogP contribution in [0, 0.1) is 0 Å². The van der Waals surface area contributed by atoms with Crippen LogP contribution in [-0.4, -0.2) is 46.2 Å². The first-order valence-corrected chi connectivity index (χ1v) is 12.0. The maximum atomic E-state index is 12.2. The number of aliphatic hydroxyl groups excluding tert-OH is 1. The van der Waals surface area contributed by atoms with Crippen molar-refractivity contribution < 1.29 is 19.4 Å². The number of aromatic nitrogens is 2. The first kappa shape index (κ1) is 25.4. The lowest BCUT2D eigenvalue weighted by Gasteiger charge is -2.26. The molecule has 0 spiro atoms. The molecule has 0 bridgehead atoms. The van der Waals surface area contributed by atoms with E-state index >= 15 is 0 Å². The highest BCUT2D eigenvalue weighted by molar-refractivity contribution is 5.90. The summed E-state index contributed by atoms with van der Waals surface area (Å²) in [5.74, 6) is 1.04. The monoisotopic (exact) mass is 469 g/mol. The van der Waals surface area contributed by atoms with Gasteiger partial charge >= 0.3 is 5.97 Å². The van der Waals surface area contributed by atoms with E-state index in [2.05, 4.69) is 30.7 Å². The molecule has 1 saturated carbocycles. The second-order valence-corrected chi connectivity index (χ2v) is 8.66. The molecule has 2 aromatic rings. The van der Waals surface area contributed by atoms with Crippen molar-refractivity contribution in [2.75, 3.05) is 23.1 Å². The SMILES string of the molecule is COC(=O)CCCCCCC(=O)Nc1ccc(Nc2nccc(N[C@H]3CC[C@H](O)CC3)n2)cc1. The molecule has 1 fully saturated rings. The summed E-state index contributed by atoms with van der Waals surface area (Å²) in [6.07, 6.45) is 9.28. The number of nitrogens with zero attached hydrogens (tertiary/aromatic N) is 2. The predicted molar refractivity (Wildman–Crippen MR) is 132 cm³/mol. The number of methoxy groups -OCH3 is 1. The number of hydrogen-bond acceptors (Lipinski definition) is 8. The Morgan fingerprint density at radius 1 is 0.971 bits per heavy atom. The van der Waals surface area contributed by atoms with Crippen LogP contribution >= 0.6 is 0 Å². The van der Waals surface area contributed by atoms with Crippen LogP contribution in [0.1, 0.15) is 64.2 Å². The van der Waals surface area contributed by atoms with Gasteiger partial charge in [-0.15, -0.1) is 0 Å². The third kappa shape index (κ3) is 8.97. The molecule has 1 aromatic heterocycles. The number of ether oxygens (including phenoxy) is 1. The molecule has 3 rings (SSSR count). The molecule has 1 aliphatic rings. The van der Waals surface area contributed by atoms with Gasteiger partial charge in [-0.25, -0.2) is 4.98 Å². The van der Waals surface area contributed by atoms with Gasteiger partial charge in [-0.1, -0.05) is 12.8 Å². The average Bonchev–Trinajstić information content (AvgIpc) is 2.84. The Morgan fingerprint density at radius 3 is 2.35 bits per heavy atom. The number of aliphatic hydroxyl groups is 1. The van der Waals surface area contributed by atoms with Crippen LogP contribution in [0.3, 0.4) is 0 Å². The maximum absolute atomic E-state index is 12.2. The standard InChI is InChI=1S/C25H35N5O4/c1-34-24(33)7-5-3-2-4-6-23(32)28-19-8-10-20(11-9-19)29-25-26-17-16-22(30-25)27-18-12-14-21(31)15-13-18/h8-11,16-18,21,31H,2-7,12-15H2,1H3,(H,28,32)(H2,26,27,29,30)/t18-,21-. The van der Waals surface area contributed by atoms with Crippen LogP contribution in [0.15, 0.2) is 36.5 Å². The van der Waals surface area contributed by atoms with Crippen molar-refractivity contribution in [2.45, 2.75) is 76.4 Å². The summed E-state index contributed by atoms with van der Waals surface area (Å²) in [6.45, 7) is 0. The van der Waals surface area contributed by atoms with E-state index in [1.807, 2.05) is 30.3 Å². The van der Waals surface area contributed by atoms with Gasteiger partial charge in [-0.05, 0) is 68.9 Å². The molecule has 1 heterocycles. The Labute approximate surface area is 200 Å². The number of anilines is 4. The van der Waals surface area contributed by atoms with Gasteiger partial charge in [-0.2, -0.15) is 4.98 Å². The molecule has 1 aromatic carbocycles. The molecule has 9 nitrogen and oxygen atoms in total. The van der Waals surface area contributed by atoms with E-state index in [9.17, 15) is 14.7 Å². The number of benzene rings is 1. The third-order valence-corrected chi connectivity index (χ3v) is 5.89. The number of nitrogens with one attached hydrogen (secondary N) is 3. The first-order chi connectivity index (χ1) is 16.5. The molecule has 0 radical (unpaired) electrons. The van der Waals surface area contributed by atoms with E-state index in [0.29, 0.717) is 24.8 Å². The fourth-order valence-electron chi connectivity index (χ4n) is 3.93. The summed E-state index contributed by atoms with van der Waals surface area (Å²) < 4.78 is 4.61. The minimum atomic E-state index is -0.187. The Balaban J connectivity index is 1.39. The van der Waals surface area contributed by atoms with Gasteiger partial charge < -0.3 is 25.8 Å². The number of hydrogen-bond donors (Lipinski definition) is 4. The number of carbonyl (C=O) groups excluding carboxylic acids is 2. The summed E-state index contributed by atoms with van der Waals surface area (Å²) in [6, 6.07) is 9.57. The quantitative estimate of drug-likeness (QED) is 0.266. The molecule has 1 aliphatic carbocycles. The van der Waals surface area contributed by atoms with Crippen molar-refractivity contribution in [1.29, 1.82) is 0 Å². The van der Waals surface area contributed by atoms with Crippen LogP contribution in [0.5, 0.6) is 0 Å². The number of rotatable bonds is 12. The number of carbonyl (C=O) groups is 2. The van der Waals surface area contributed by atoms with Crippen LogP contribution in [0.2, 0.25) is 0 Å². The van der Waals surface area contributed by atoms with Crippen LogP contribution in [0.4, 0.5) is 23.1 Å². The van der Waals surface area contributed by atoms with E-state index in [1.54, 1.807) is 6.20 Å².